The molecule has 1 saturated heterocycles. The van der Waals surface area contributed by atoms with Crippen LogP contribution in [0, 0.1) is 5.41 Å². The highest BCUT2D eigenvalue weighted by molar-refractivity contribution is 5.92. The van der Waals surface area contributed by atoms with Gasteiger partial charge in [0, 0.05) is 35.9 Å². The van der Waals surface area contributed by atoms with Gasteiger partial charge in [0.25, 0.3) is 0 Å². The number of pyridine rings is 1. The minimum atomic E-state index is -4.52. The maximum atomic E-state index is 13.4. The van der Waals surface area contributed by atoms with Crippen molar-refractivity contribution >= 4 is 28.2 Å². The summed E-state index contributed by atoms with van der Waals surface area (Å²) in [6.07, 6.45) is -1.48. The molecule has 3 aromatic rings. The van der Waals surface area contributed by atoms with E-state index in [1.807, 2.05) is 12.1 Å². The normalized spacial score (nSPS) is 20.9. The molecule has 0 bridgehead atoms. The molecule has 1 aliphatic heterocycles. The molecule has 5 rings (SSSR count). The zero-order chi connectivity index (χ0) is 25.3. The third-order valence-corrected chi connectivity index (χ3v) is 7.19. The van der Waals surface area contributed by atoms with Crippen molar-refractivity contribution in [3.05, 3.63) is 65.4 Å². The first kappa shape index (κ1) is 24.4. The number of anilines is 2. The van der Waals surface area contributed by atoms with Gasteiger partial charge in [-0.3, -0.25) is 0 Å². The number of hydrogen-bond acceptors (Lipinski definition) is 6. The van der Waals surface area contributed by atoms with Crippen LogP contribution in [0.15, 0.2) is 48.5 Å². The van der Waals surface area contributed by atoms with Crippen LogP contribution >= 0.6 is 0 Å². The number of aromatic nitrogens is 1. The second-order valence-corrected chi connectivity index (χ2v) is 9.46. The zero-order valence-corrected chi connectivity index (χ0v) is 19.8. The molecule has 36 heavy (non-hydrogen) atoms. The Labute approximate surface area is 207 Å². The topological polar surface area (TPSA) is 84.3 Å². The van der Waals surface area contributed by atoms with E-state index in [0.717, 1.165) is 56.1 Å². The molecule has 1 aromatic heterocycles. The summed E-state index contributed by atoms with van der Waals surface area (Å²) in [4.78, 5) is 6.03. The van der Waals surface area contributed by atoms with E-state index in [-0.39, 0.29) is 12.0 Å². The molecule has 0 amide bonds. The van der Waals surface area contributed by atoms with E-state index in [0.29, 0.717) is 35.4 Å². The smallest absolute Gasteiger partial charge is 0.433 e. The van der Waals surface area contributed by atoms with Gasteiger partial charge in [-0.2, -0.15) is 13.2 Å². The van der Waals surface area contributed by atoms with Crippen molar-refractivity contribution < 1.29 is 23.0 Å². The highest BCUT2D eigenvalue weighted by Gasteiger charge is 2.34. The maximum absolute atomic E-state index is 13.4. The Morgan fingerprint density at radius 1 is 1.03 bits per heavy atom. The molecule has 0 radical (unpaired) electrons. The lowest BCUT2D eigenvalue weighted by Crippen LogP contribution is -2.36. The zero-order valence-electron chi connectivity index (χ0n) is 19.8. The number of fused-ring (bicyclic) bond motifs is 1. The third-order valence-electron chi connectivity index (χ3n) is 7.19. The molecule has 1 aliphatic carbocycles. The fourth-order valence-corrected chi connectivity index (χ4v) is 5.32. The molecular weight excluding hydrogens is 469 g/mol. The second kappa shape index (κ2) is 9.97. The number of ether oxygens (including phenoxy) is 1. The van der Waals surface area contributed by atoms with Gasteiger partial charge in [-0.1, -0.05) is 24.3 Å². The summed E-state index contributed by atoms with van der Waals surface area (Å²) in [6.45, 7) is 2.88. The number of halogens is 3. The molecule has 2 heterocycles. The second-order valence-electron chi connectivity index (χ2n) is 9.46. The lowest BCUT2D eigenvalue weighted by Gasteiger charge is -2.34. The van der Waals surface area contributed by atoms with Crippen LogP contribution < -0.4 is 15.3 Å². The van der Waals surface area contributed by atoms with E-state index in [1.54, 1.807) is 30.3 Å². The van der Waals surface area contributed by atoms with E-state index >= 15 is 0 Å². The molecular formula is C27H28F3N4O2-. The number of hydrogen-bond donors (Lipinski definition) is 2. The highest BCUT2D eigenvalue weighted by atomic mass is 19.4. The van der Waals surface area contributed by atoms with Gasteiger partial charge in [0.05, 0.1) is 18.7 Å². The Hall–Kier alpha value is -3.33. The van der Waals surface area contributed by atoms with Crippen LogP contribution in [0.3, 0.4) is 0 Å². The van der Waals surface area contributed by atoms with E-state index in [9.17, 15) is 18.3 Å². The van der Waals surface area contributed by atoms with Crippen molar-refractivity contribution in [3.63, 3.8) is 0 Å². The molecule has 0 unspecified atom stereocenters. The number of nitrogens with zero attached hydrogens (tertiary/aromatic N) is 2. The maximum Gasteiger partial charge on any atom is 0.433 e. The summed E-state index contributed by atoms with van der Waals surface area (Å²) in [5.74, 6) is -0.574. The average molecular weight is 498 g/mol. The number of benzene rings is 2. The highest BCUT2D eigenvalue weighted by Crippen LogP contribution is 2.39. The standard InChI is InChI=1S/C27H29F3N4O2/c28-27(29,30)25-16-24(21-3-1-2-4-23(21)33-25)32-18-7-5-17(6-8-18)22-15-19(9-10-20(22)26(31)35)34-11-13-36-14-12-34/h1-4,9-10,15-18H,5-8,11-14H2,(H2,31,35)(H,32,33)/p-1. The van der Waals surface area contributed by atoms with Crippen LogP contribution in [0.4, 0.5) is 24.5 Å². The minimum absolute atomic E-state index is 0.00530. The summed E-state index contributed by atoms with van der Waals surface area (Å²) in [6, 6.07) is 13.6. The van der Waals surface area contributed by atoms with Gasteiger partial charge >= 0.3 is 6.18 Å². The fourth-order valence-electron chi connectivity index (χ4n) is 5.32. The quantitative estimate of drug-likeness (QED) is 0.386. The first-order valence-corrected chi connectivity index (χ1v) is 12.3. The van der Waals surface area contributed by atoms with Crippen LogP contribution in [0.25, 0.3) is 10.9 Å². The van der Waals surface area contributed by atoms with E-state index in [4.69, 9.17) is 10.1 Å². The Morgan fingerprint density at radius 3 is 2.44 bits per heavy atom. The Bertz CT molecular complexity index is 1250. The SMILES string of the molecule is N=C([O-])c1ccc(N2CCOCC2)cc1C1CCC(Nc2cc(C(F)(F)F)nc3ccccc23)CC1. The molecule has 0 spiro atoms. The van der Waals surface area contributed by atoms with Gasteiger partial charge in [-0.05, 0) is 72.9 Å². The van der Waals surface area contributed by atoms with Crippen molar-refractivity contribution in [2.75, 3.05) is 36.5 Å². The monoisotopic (exact) mass is 497 g/mol. The van der Waals surface area contributed by atoms with Crippen LogP contribution in [-0.4, -0.2) is 43.2 Å². The number of morpholine rings is 1. The summed E-state index contributed by atoms with van der Waals surface area (Å²) < 4.78 is 45.8. The van der Waals surface area contributed by atoms with Crippen molar-refractivity contribution in [1.29, 1.82) is 5.41 Å². The largest absolute Gasteiger partial charge is 0.859 e. The number of para-hydroxylation sites is 1. The van der Waals surface area contributed by atoms with E-state index in [2.05, 4.69) is 15.2 Å². The molecule has 6 nitrogen and oxygen atoms in total. The van der Waals surface area contributed by atoms with Gasteiger partial charge in [-0.15, -0.1) is 0 Å². The molecule has 2 fully saturated rings. The Kier molecular flexibility index (Phi) is 6.75. The van der Waals surface area contributed by atoms with Crippen LogP contribution in [-0.2, 0) is 10.9 Å². The fraction of sp³-hybridized carbons (Fsp3) is 0.407. The molecule has 2 aliphatic rings. The van der Waals surface area contributed by atoms with Crippen molar-refractivity contribution in [3.8, 4) is 0 Å². The summed E-state index contributed by atoms with van der Waals surface area (Å²) in [5, 5.41) is 23.8. The first-order valence-electron chi connectivity index (χ1n) is 12.3. The minimum Gasteiger partial charge on any atom is -0.859 e. The van der Waals surface area contributed by atoms with Crippen LogP contribution in [0.2, 0.25) is 0 Å². The lowest BCUT2D eigenvalue weighted by atomic mass is 9.79. The first-order chi connectivity index (χ1) is 17.3. The summed E-state index contributed by atoms with van der Waals surface area (Å²) >= 11 is 0. The number of rotatable bonds is 5. The van der Waals surface area contributed by atoms with Crippen molar-refractivity contribution in [1.82, 2.24) is 4.98 Å². The number of nitrogens with one attached hydrogen (secondary N) is 2. The molecule has 2 aromatic carbocycles. The average Bonchev–Trinajstić information content (AvgIpc) is 2.88. The lowest BCUT2D eigenvalue weighted by molar-refractivity contribution is -0.214. The van der Waals surface area contributed by atoms with Gasteiger partial charge in [0.15, 0.2) is 0 Å². The Balaban J connectivity index is 1.34. The van der Waals surface area contributed by atoms with Gasteiger partial charge in [0.2, 0.25) is 0 Å². The molecule has 190 valence electrons. The van der Waals surface area contributed by atoms with E-state index < -0.39 is 17.8 Å². The van der Waals surface area contributed by atoms with Crippen molar-refractivity contribution in [2.45, 2.75) is 43.8 Å². The van der Waals surface area contributed by atoms with Crippen LogP contribution in [0.1, 0.15) is 48.4 Å². The molecule has 2 N–H and O–H groups in total. The summed E-state index contributed by atoms with van der Waals surface area (Å²) in [5.41, 5.74) is 2.19. The summed E-state index contributed by atoms with van der Waals surface area (Å²) in [7, 11) is 0. The number of alkyl halides is 3. The molecule has 1 saturated carbocycles. The van der Waals surface area contributed by atoms with Gasteiger partial charge < -0.3 is 25.5 Å². The predicted molar refractivity (Wildman–Crippen MR) is 132 cm³/mol. The van der Waals surface area contributed by atoms with Crippen molar-refractivity contribution in [2.24, 2.45) is 0 Å². The molecule has 0 atom stereocenters. The Morgan fingerprint density at radius 2 is 1.75 bits per heavy atom. The van der Waals surface area contributed by atoms with Gasteiger partial charge in [0.1, 0.15) is 5.69 Å². The predicted octanol–water partition coefficient (Wildman–Crippen LogP) is 4.91. The third kappa shape index (κ3) is 5.11. The van der Waals surface area contributed by atoms with Crippen LogP contribution in [0.5, 0.6) is 0 Å². The molecule has 9 heteroatoms. The van der Waals surface area contributed by atoms with Gasteiger partial charge in [-0.25, -0.2) is 4.98 Å². The van der Waals surface area contributed by atoms with E-state index in [1.165, 1.54) is 0 Å².